The third-order valence-electron chi connectivity index (χ3n) is 4.15. The molecule has 0 heterocycles. The molecule has 37 heavy (non-hydrogen) atoms. The van der Waals surface area contributed by atoms with Crippen LogP contribution in [-0.2, 0) is 0 Å². The van der Waals surface area contributed by atoms with Crippen molar-refractivity contribution >= 4 is 70.1 Å². The molecule has 0 saturated carbocycles. The van der Waals surface area contributed by atoms with Gasteiger partial charge >= 0.3 is 0 Å². The van der Waals surface area contributed by atoms with Gasteiger partial charge in [-0.2, -0.15) is 0 Å². The quantitative estimate of drug-likeness (QED) is 0.0850. The minimum Gasteiger partial charge on any atom is -0.202 e. The van der Waals surface area contributed by atoms with Crippen molar-refractivity contribution in [2.24, 2.45) is 0 Å². The molecule has 0 fully saturated rings. The minimum absolute atomic E-state index is 0.450. The van der Waals surface area contributed by atoms with Crippen molar-refractivity contribution < 1.29 is 52.7 Å². The molecule has 0 aliphatic rings. The largest absolute Gasteiger partial charge is 0.202 e. The normalized spacial score (nSPS) is 11.7. The van der Waals surface area contributed by atoms with Crippen molar-refractivity contribution in [3.05, 3.63) is 84.9 Å². The highest BCUT2D eigenvalue weighted by Crippen LogP contribution is 2.51. The molecule has 3 rings (SSSR count). The molecular formula is C19HCl3F12S3. The lowest BCUT2D eigenvalue weighted by atomic mass is 10.3. The third-order valence-corrected chi connectivity index (χ3v) is 9.24. The average molecular weight is 660 g/mol. The van der Waals surface area contributed by atoms with Crippen LogP contribution >= 0.6 is 70.1 Å². The highest BCUT2D eigenvalue weighted by molar-refractivity contribution is 8.32. The van der Waals surface area contributed by atoms with Crippen molar-refractivity contribution in [1.29, 1.82) is 0 Å². The van der Waals surface area contributed by atoms with E-state index in [0.29, 0.717) is 0 Å². The number of halogens is 15. The summed E-state index contributed by atoms with van der Waals surface area (Å²) < 4.78 is 167. The summed E-state index contributed by atoms with van der Waals surface area (Å²) in [6, 6.07) is 0. The number of benzene rings is 3. The zero-order valence-electron chi connectivity index (χ0n) is 16.5. The molecule has 0 unspecified atom stereocenters. The summed E-state index contributed by atoms with van der Waals surface area (Å²) in [6.07, 6.45) is 0. The molecule has 0 saturated heterocycles. The SMILES string of the molecule is Fc1c(F)c(SC(Sc2c(F)c(F)c(Cl)c(F)c2F)Sc2c(F)c(F)c(Cl)c(F)c2F)c(F)c(F)c1Cl. The summed E-state index contributed by atoms with van der Waals surface area (Å²) in [5.41, 5.74) is 0. The van der Waals surface area contributed by atoms with Crippen LogP contribution < -0.4 is 0 Å². The lowest BCUT2D eigenvalue weighted by Gasteiger charge is -2.19. The Morgan fingerprint density at radius 1 is 0.324 bits per heavy atom. The van der Waals surface area contributed by atoms with E-state index in [0.717, 1.165) is 0 Å². The van der Waals surface area contributed by atoms with Gasteiger partial charge in [0.05, 0.1) is 14.7 Å². The third kappa shape index (κ3) is 5.44. The maximum absolute atomic E-state index is 14.3. The molecule has 0 amide bonds. The summed E-state index contributed by atoms with van der Waals surface area (Å²) in [5.74, 6) is -26.1. The van der Waals surface area contributed by atoms with E-state index in [1.807, 2.05) is 0 Å². The van der Waals surface area contributed by atoms with Crippen LogP contribution in [0.3, 0.4) is 0 Å². The zero-order chi connectivity index (χ0) is 28.1. The summed E-state index contributed by atoms with van der Waals surface area (Å²) in [4.78, 5) is -4.89. The second kappa shape index (κ2) is 11.5. The van der Waals surface area contributed by atoms with Crippen LogP contribution in [0.5, 0.6) is 0 Å². The molecule has 0 radical (unpaired) electrons. The molecule has 18 heteroatoms. The average Bonchev–Trinajstić information content (AvgIpc) is 2.88. The van der Waals surface area contributed by atoms with Crippen LogP contribution in [0.15, 0.2) is 14.7 Å². The van der Waals surface area contributed by atoms with E-state index in [1.54, 1.807) is 0 Å². The second-order valence-corrected chi connectivity index (χ2v) is 11.7. The molecule has 0 spiro atoms. The summed E-state index contributed by atoms with van der Waals surface area (Å²) in [5, 5.41) is -4.93. The number of hydrogen-bond acceptors (Lipinski definition) is 3. The molecule has 200 valence electrons. The van der Waals surface area contributed by atoms with Crippen LogP contribution in [0.4, 0.5) is 52.7 Å². The summed E-state index contributed by atoms with van der Waals surface area (Å²) in [7, 11) is 0. The van der Waals surface area contributed by atoms with Gasteiger partial charge in [-0.25, -0.2) is 52.7 Å². The predicted molar refractivity (Wildman–Crippen MR) is 115 cm³/mol. The lowest BCUT2D eigenvalue weighted by molar-refractivity contribution is 0.425. The minimum atomic E-state index is -2.27. The van der Waals surface area contributed by atoms with Gasteiger partial charge in [-0.15, -0.1) is 0 Å². The van der Waals surface area contributed by atoms with Crippen molar-refractivity contribution in [3.8, 4) is 0 Å². The number of rotatable bonds is 6. The van der Waals surface area contributed by atoms with E-state index in [2.05, 4.69) is 0 Å². The fraction of sp³-hybridized carbons (Fsp3) is 0.0526. The molecule has 0 aliphatic carbocycles. The van der Waals surface area contributed by atoms with E-state index in [4.69, 9.17) is 34.8 Å². The summed E-state index contributed by atoms with van der Waals surface area (Å²) in [6.45, 7) is 0. The molecule has 3 aromatic rings. The Kier molecular flexibility index (Phi) is 9.38. The van der Waals surface area contributed by atoms with Gasteiger partial charge < -0.3 is 0 Å². The predicted octanol–water partition coefficient (Wildman–Crippen LogP) is 10.3. The Balaban J connectivity index is 2.22. The Hall–Kier alpha value is -1.26. The van der Waals surface area contributed by atoms with Crippen LogP contribution in [0.2, 0.25) is 15.1 Å². The molecule has 0 aromatic heterocycles. The van der Waals surface area contributed by atoms with E-state index < -0.39 is 139 Å². The van der Waals surface area contributed by atoms with Crippen molar-refractivity contribution in [2.75, 3.05) is 0 Å². The Bertz CT molecular complexity index is 1180. The lowest BCUT2D eigenvalue weighted by Crippen LogP contribution is -2.07. The van der Waals surface area contributed by atoms with Gasteiger partial charge in [-0.05, 0) is 0 Å². The van der Waals surface area contributed by atoms with Crippen LogP contribution in [0, 0.1) is 69.8 Å². The highest BCUT2D eigenvalue weighted by Gasteiger charge is 2.34. The first-order chi connectivity index (χ1) is 17.1. The van der Waals surface area contributed by atoms with Crippen LogP contribution in [0.25, 0.3) is 0 Å². The van der Waals surface area contributed by atoms with Gasteiger partial charge in [0.2, 0.25) is 0 Å². The zero-order valence-corrected chi connectivity index (χ0v) is 21.2. The summed E-state index contributed by atoms with van der Waals surface area (Å²) >= 11 is 13.9. The number of hydrogen-bond donors (Lipinski definition) is 0. The van der Waals surface area contributed by atoms with E-state index >= 15 is 0 Å². The van der Waals surface area contributed by atoms with Crippen LogP contribution in [-0.4, -0.2) is 3.91 Å². The van der Waals surface area contributed by atoms with Crippen molar-refractivity contribution in [1.82, 2.24) is 0 Å². The molecule has 3 aromatic carbocycles. The maximum atomic E-state index is 14.3. The van der Waals surface area contributed by atoms with Crippen molar-refractivity contribution in [3.63, 3.8) is 0 Å². The van der Waals surface area contributed by atoms with Gasteiger partial charge in [-0.1, -0.05) is 70.1 Å². The molecule has 0 N–H and O–H groups in total. The van der Waals surface area contributed by atoms with Gasteiger partial charge in [0, 0.05) is 0 Å². The van der Waals surface area contributed by atoms with Crippen molar-refractivity contribution in [2.45, 2.75) is 18.6 Å². The first-order valence-corrected chi connectivity index (χ1v) is 12.4. The molecule has 0 nitrogen and oxygen atoms in total. The molecule has 0 bridgehead atoms. The Morgan fingerprint density at radius 3 is 0.649 bits per heavy atom. The maximum Gasteiger partial charge on any atom is 0.181 e. The highest BCUT2D eigenvalue weighted by atomic mass is 35.5. The fourth-order valence-electron chi connectivity index (χ4n) is 2.43. The van der Waals surface area contributed by atoms with E-state index in [1.165, 1.54) is 0 Å². The van der Waals surface area contributed by atoms with Gasteiger partial charge in [0.15, 0.2) is 69.8 Å². The second-order valence-electron chi connectivity index (χ2n) is 6.34. The standard InChI is InChI=1S/C19HCl3F12S3/c20-1-4(23)10(29)16(11(30)5(1)24)35-19(36-17-12(31)6(25)2(21)7(26)13(17)32)37-18-14(33)8(27)3(22)9(28)15(18)34/h19H. The van der Waals surface area contributed by atoms with E-state index in [-0.39, 0.29) is 0 Å². The number of thioether (sulfide) groups is 3. The topological polar surface area (TPSA) is 0 Å². The first kappa shape index (κ1) is 30.3. The monoisotopic (exact) mass is 658 g/mol. The van der Waals surface area contributed by atoms with Gasteiger partial charge in [-0.3, -0.25) is 0 Å². The van der Waals surface area contributed by atoms with Gasteiger partial charge in [0.25, 0.3) is 0 Å². The van der Waals surface area contributed by atoms with E-state index in [9.17, 15) is 52.7 Å². The van der Waals surface area contributed by atoms with Crippen LogP contribution in [0.1, 0.15) is 0 Å². The molecule has 0 aliphatic heterocycles. The fourth-order valence-corrected chi connectivity index (χ4v) is 6.97. The molecule has 0 atom stereocenters. The Labute approximate surface area is 225 Å². The Morgan fingerprint density at radius 2 is 0.486 bits per heavy atom. The molecular weight excluding hydrogens is 659 g/mol. The first-order valence-electron chi connectivity index (χ1n) is 8.65. The smallest absolute Gasteiger partial charge is 0.181 e. The van der Waals surface area contributed by atoms with Gasteiger partial charge in [0.1, 0.15) is 19.0 Å².